The number of carbonyl (C=O) groups excluding carboxylic acids is 1. The maximum absolute atomic E-state index is 12.8. The summed E-state index contributed by atoms with van der Waals surface area (Å²) in [5.74, 6) is 0.236. The minimum atomic E-state index is 0. The SMILES string of the molecule is Cl.O=C(c1ccc2c(c1)CCN2)N1CCC2(CCCCC2)CC1. The van der Waals surface area contributed by atoms with E-state index < -0.39 is 0 Å². The molecule has 1 aromatic rings. The maximum Gasteiger partial charge on any atom is 0.253 e. The summed E-state index contributed by atoms with van der Waals surface area (Å²) in [5, 5.41) is 3.36. The summed E-state index contributed by atoms with van der Waals surface area (Å²) in [7, 11) is 0. The fraction of sp³-hybridized carbons (Fsp3) is 0.632. The van der Waals surface area contributed by atoms with Crippen LogP contribution in [0.25, 0.3) is 0 Å². The Labute approximate surface area is 145 Å². The summed E-state index contributed by atoms with van der Waals surface area (Å²) in [5.41, 5.74) is 3.95. The number of piperidine rings is 1. The summed E-state index contributed by atoms with van der Waals surface area (Å²) in [6.45, 7) is 2.90. The van der Waals surface area contributed by atoms with E-state index in [0.717, 1.165) is 31.6 Å². The third-order valence-electron chi connectivity index (χ3n) is 6.09. The zero-order valence-corrected chi connectivity index (χ0v) is 14.6. The monoisotopic (exact) mass is 334 g/mol. The number of fused-ring (bicyclic) bond motifs is 1. The Kier molecular flexibility index (Phi) is 4.86. The van der Waals surface area contributed by atoms with Gasteiger partial charge in [-0.25, -0.2) is 0 Å². The van der Waals surface area contributed by atoms with Crippen LogP contribution in [-0.2, 0) is 6.42 Å². The lowest BCUT2D eigenvalue weighted by atomic mass is 9.68. The highest BCUT2D eigenvalue weighted by Crippen LogP contribution is 2.44. The Morgan fingerprint density at radius 2 is 1.78 bits per heavy atom. The Balaban J connectivity index is 0.00000156. The molecule has 1 spiro atoms. The molecule has 0 aromatic heterocycles. The zero-order valence-electron chi connectivity index (χ0n) is 13.8. The summed E-state index contributed by atoms with van der Waals surface area (Å²) in [6.07, 6.45) is 10.4. The molecule has 4 heteroatoms. The lowest BCUT2D eigenvalue weighted by Crippen LogP contribution is -2.43. The molecule has 23 heavy (non-hydrogen) atoms. The van der Waals surface area contributed by atoms with Crippen molar-refractivity contribution in [2.45, 2.75) is 51.4 Å². The number of nitrogens with one attached hydrogen (secondary N) is 1. The molecule has 1 amide bonds. The van der Waals surface area contributed by atoms with Gasteiger partial charge in [0.25, 0.3) is 5.91 Å². The summed E-state index contributed by atoms with van der Waals surface area (Å²) >= 11 is 0. The van der Waals surface area contributed by atoms with Gasteiger partial charge in [0.05, 0.1) is 0 Å². The van der Waals surface area contributed by atoms with Crippen molar-refractivity contribution < 1.29 is 4.79 Å². The second-order valence-corrected chi connectivity index (χ2v) is 7.40. The molecule has 2 heterocycles. The molecule has 0 atom stereocenters. The fourth-order valence-electron chi connectivity index (χ4n) is 4.61. The number of hydrogen-bond donors (Lipinski definition) is 1. The highest BCUT2D eigenvalue weighted by Gasteiger charge is 2.36. The van der Waals surface area contributed by atoms with Gasteiger partial charge in [0.2, 0.25) is 0 Å². The molecule has 2 aliphatic heterocycles. The molecule has 1 saturated carbocycles. The molecule has 1 aromatic carbocycles. The van der Waals surface area contributed by atoms with E-state index >= 15 is 0 Å². The standard InChI is InChI=1S/C19H26N2O.ClH/c22-18(16-4-5-17-15(14-16)6-11-20-17)21-12-9-19(10-13-21)7-2-1-3-8-19;/h4-5,14,20H,1-3,6-13H2;1H. The van der Waals surface area contributed by atoms with Gasteiger partial charge in [-0.15, -0.1) is 12.4 Å². The van der Waals surface area contributed by atoms with E-state index in [4.69, 9.17) is 0 Å². The van der Waals surface area contributed by atoms with Gasteiger partial charge in [0, 0.05) is 30.9 Å². The van der Waals surface area contributed by atoms with E-state index in [1.807, 2.05) is 6.07 Å². The van der Waals surface area contributed by atoms with Gasteiger partial charge in [0.15, 0.2) is 0 Å². The van der Waals surface area contributed by atoms with E-state index in [1.165, 1.54) is 56.2 Å². The molecule has 1 N–H and O–H groups in total. The third kappa shape index (κ3) is 3.21. The van der Waals surface area contributed by atoms with Crippen molar-refractivity contribution in [1.82, 2.24) is 4.90 Å². The summed E-state index contributed by atoms with van der Waals surface area (Å²) in [6, 6.07) is 6.16. The molecule has 0 unspecified atom stereocenters. The second-order valence-electron chi connectivity index (χ2n) is 7.40. The largest absolute Gasteiger partial charge is 0.384 e. The zero-order chi connectivity index (χ0) is 15.0. The number of halogens is 1. The van der Waals surface area contributed by atoms with Crippen LogP contribution in [0.1, 0.15) is 60.9 Å². The number of likely N-dealkylation sites (tertiary alicyclic amines) is 1. The van der Waals surface area contributed by atoms with E-state index in [9.17, 15) is 4.79 Å². The molecule has 1 aliphatic carbocycles. The second kappa shape index (κ2) is 6.72. The minimum absolute atomic E-state index is 0. The first-order valence-electron chi connectivity index (χ1n) is 8.92. The quantitative estimate of drug-likeness (QED) is 0.832. The molecular weight excluding hydrogens is 308 g/mol. The first-order chi connectivity index (χ1) is 10.8. The minimum Gasteiger partial charge on any atom is -0.384 e. The maximum atomic E-state index is 12.8. The van der Waals surface area contributed by atoms with Crippen LogP contribution in [0.5, 0.6) is 0 Å². The van der Waals surface area contributed by atoms with Gasteiger partial charge in [-0.3, -0.25) is 4.79 Å². The highest BCUT2D eigenvalue weighted by atomic mass is 35.5. The van der Waals surface area contributed by atoms with Gasteiger partial charge >= 0.3 is 0 Å². The molecule has 126 valence electrons. The third-order valence-corrected chi connectivity index (χ3v) is 6.09. The first-order valence-corrected chi connectivity index (χ1v) is 8.92. The van der Waals surface area contributed by atoms with Crippen LogP contribution >= 0.6 is 12.4 Å². The van der Waals surface area contributed by atoms with Crippen molar-refractivity contribution in [1.29, 1.82) is 0 Å². The van der Waals surface area contributed by atoms with Crippen molar-refractivity contribution in [3.8, 4) is 0 Å². The number of amides is 1. The van der Waals surface area contributed by atoms with E-state index in [2.05, 4.69) is 22.3 Å². The highest BCUT2D eigenvalue weighted by molar-refractivity contribution is 5.95. The molecule has 0 bridgehead atoms. The Morgan fingerprint density at radius 1 is 1.04 bits per heavy atom. The molecule has 4 rings (SSSR count). The number of nitrogens with zero attached hydrogens (tertiary/aromatic N) is 1. The average molecular weight is 335 g/mol. The van der Waals surface area contributed by atoms with Crippen LogP contribution < -0.4 is 5.32 Å². The van der Waals surface area contributed by atoms with Crippen LogP contribution in [0.15, 0.2) is 18.2 Å². The fourth-order valence-corrected chi connectivity index (χ4v) is 4.61. The van der Waals surface area contributed by atoms with Crippen LogP contribution in [-0.4, -0.2) is 30.4 Å². The molecule has 2 fully saturated rings. The van der Waals surface area contributed by atoms with Crippen LogP contribution in [0.2, 0.25) is 0 Å². The normalized spacial score (nSPS) is 22.2. The number of hydrogen-bond acceptors (Lipinski definition) is 2. The van der Waals surface area contributed by atoms with Crippen LogP contribution in [0, 0.1) is 5.41 Å². The van der Waals surface area contributed by atoms with Crippen molar-refractivity contribution in [3.05, 3.63) is 29.3 Å². The van der Waals surface area contributed by atoms with E-state index in [0.29, 0.717) is 5.41 Å². The Hall–Kier alpha value is -1.22. The lowest BCUT2D eigenvalue weighted by Gasteiger charge is -2.44. The Morgan fingerprint density at radius 3 is 2.52 bits per heavy atom. The van der Waals surface area contributed by atoms with Gasteiger partial charge < -0.3 is 10.2 Å². The number of anilines is 1. The average Bonchev–Trinajstić information content (AvgIpc) is 3.03. The number of rotatable bonds is 1. The molecular formula is C19H27ClN2O. The van der Waals surface area contributed by atoms with Crippen molar-refractivity contribution in [2.24, 2.45) is 5.41 Å². The van der Waals surface area contributed by atoms with Gasteiger partial charge in [-0.05, 0) is 61.3 Å². The smallest absolute Gasteiger partial charge is 0.253 e. The van der Waals surface area contributed by atoms with Gasteiger partial charge in [-0.1, -0.05) is 19.3 Å². The first kappa shape index (κ1) is 16.6. The van der Waals surface area contributed by atoms with Crippen molar-refractivity contribution >= 4 is 24.0 Å². The number of carbonyl (C=O) groups is 1. The topological polar surface area (TPSA) is 32.3 Å². The van der Waals surface area contributed by atoms with E-state index in [-0.39, 0.29) is 18.3 Å². The molecule has 0 radical (unpaired) electrons. The molecule has 3 aliphatic rings. The molecule has 3 nitrogen and oxygen atoms in total. The Bertz CT molecular complexity index is 571. The summed E-state index contributed by atoms with van der Waals surface area (Å²) < 4.78 is 0. The van der Waals surface area contributed by atoms with Gasteiger partial charge in [0.1, 0.15) is 0 Å². The van der Waals surface area contributed by atoms with E-state index in [1.54, 1.807) is 0 Å². The van der Waals surface area contributed by atoms with Crippen LogP contribution in [0.4, 0.5) is 5.69 Å². The van der Waals surface area contributed by atoms with Crippen LogP contribution in [0.3, 0.4) is 0 Å². The molecule has 1 saturated heterocycles. The van der Waals surface area contributed by atoms with Crippen molar-refractivity contribution in [3.63, 3.8) is 0 Å². The number of benzene rings is 1. The van der Waals surface area contributed by atoms with Crippen molar-refractivity contribution in [2.75, 3.05) is 25.0 Å². The predicted octanol–water partition coefficient (Wildman–Crippen LogP) is 4.26. The summed E-state index contributed by atoms with van der Waals surface area (Å²) in [4.78, 5) is 14.9. The predicted molar refractivity (Wildman–Crippen MR) is 96.5 cm³/mol. The van der Waals surface area contributed by atoms with Gasteiger partial charge in [-0.2, -0.15) is 0 Å². The lowest BCUT2D eigenvalue weighted by molar-refractivity contribution is 0.0472.